The third kappa shape index (κ3) is 5.09. The molecular weight excluding hydrogens is 352 g/mol. The number of nitrogens with one attached hydrogen (secondary N) is 1. The van der Waals surface area contributed by atoms with Gasteiger partial charge in [0.15, 0.2) is 0 Å². The van der Waals surface area contributed by atoms with Crippen LogP contribution in [0.2, 0.25) is 0 Å². The number of amides is 1. The summed E-state index contributed by atoms with van der Waals surface area (Å²) in [7, 11) is 0. The van der Waals surface area contributed by atoms with Crippen LogP contribution >= 0.6 is 0 Å². The molecule has 1 N–H and O–H groups in total. The molecule has 0 saturated heterocycles. The molecule has 3 aromatic rings. The van der Waals surface area contributed by atoms with Crippen molar-refractivity contribution in [2.75, 3.05) is 5.32 Å². The molecule has 0 aromatic carbocycles. The Labute approximate surface area is 164 Å². The van der Waals surface area contributed by atoms with Crippen molar-refractivity contribution < 1.29 is 4.79 Å². The van der Waals surface area contributed by atoms with Crippen LogP contribution in [-0.2, 0) is 11.3 Å². The van der Waals surface area contributed by atoms with Gasteiger partial charge in [-0.2, -0.15) is 5.10 Å². The third-order valence-electron chi connectivity index (χ3n) is 4.17. The van der Waals surface area contributed by atoms with Gasteiger partial charge in [-0.05, 0) is 30.5 Å². The summed E-state index contributed by atoms with van der Waals surface area (Å²) >= 11 is 0. The molecule has 0 spiro atoms. The van der Waals surface area contributed by atoms with Gasteiger partial charge in [0.25, 0.3) is 0 Å². The number of hydrogen-bond donors (Lipinski definition) is 1. The van der Waals surface area contributed by atoms with Gasteiger partial charge in [-0.25, -0.2) is 4.98 Å². The molecule has 7 nitrogen and oxygen atoms in total. The van der Waals surface area contributed by atoms with Gasteiger partial charge in [0, 0.05) is 35.9 Å². The number of allylic oxidation sites excluding steroid dienone is 2. The third-order valence-corrected chi connectivity index (χ3v) is 4.17. The molecule has 1 amide bonds. The number of anilines is 1. The Balaban J connectivity index is 1.61. The summed E-state index contributed by atoms with van der Waals surface area (Å²) in [5.74, 6) is 0.313. The van der Waals surface area contributed by atoms with Crippen molar-refractivity contribution in [2.24, 2.45) is 0 Å². The lowest BCUT2D eigenvalue weighted by atomic mass is 10.0. The fraction of sp³-hybridized carbons (Fsp3) is 0.286. The van der Waals surface area contributed by atoms with E-state index in [1.54, 1.807) is 35.5 Å². The maximum atomic E-state index is 12.3. The minimum absolute atomic E-state index is 0.138. The van der Waals surface area contributed by atoms with E-state index < -0.39 is 0 Å². The largest absolute Gasteiger partial charge is 0.309 e. The summed E-state index contributed by atoms with van der Waals surface area (Å²) in [6, 6.07) is 3.60. The van der Waals surface area contributed by atoms with Crippen LogP contribution in [-0.4, -0.2) is 30.6 Å². The van der Waals surface area contributed by atoms with Crippen LogP contribution in [0.5, 0.6) is 0 Å². The van der Waals surface area contributed by atoms with Gasteiger partial charge >= 0.3 is 0 Å². The first-order valence-electron chi connectivity index (χ1n) is 9.43. The normalized spacial score (nSPS) is 11.4. The standard InChI is InChI=1S/C21H24N6O/c1-3-5-16(6-4-2)18-12-25-27(14-18)15-21(28)26-20-8-7-17(11-24-20)19-13-22-9-10-23-19/h5,7-14H,3-4,6,15H2,1-2H3,(H,24,26,28)/b16-5+. The van der Waals surface area contributed by atoms with Gasteiger partial charge in [0.2, 0.25) is 5.91 Å². The van der Waals surface area contributed by atoms with Crippen molar-refractivity contribution >= 4 is 17.3 Å². The van der Waals surface area contributed by atoms with E-state index in [4.69, 9.17) is 0 Å². The number of aromatic nitrogens is 5. The first kappa shape index (κ1) is 19.4. The van der Waals surface area contributed by atoms with Crippen molar-refractivity contribution in [3.63, 3.8) is 0 Å². The van der Waals surface area contributed by atoms with Crippen LogP contribution in [0.4, 0.5) is 5.82 Å². The summed E-state index contributed by atoms with van der Waals surface area (Å²) in [6.07, 6.45) is 15.6. The lowest BCUT2D eigenvalue weighted by Gasteiger charge is -2.06. The van der Waals surface area contributed by atoms with Crippen molar-refractivity contribution in [2.45, 2.75) is 39.7 Å². The van der Waals surface area contributed by atoms with Gasteiger partial charge in [-0.1, -0.05) is 26.3 Å². The monoisotopic (exact) mass is 376 g/mol. The molecule has 0 aliphatic carbocycles. The number of carbonyl (C=O) groups is 1. The first-order chi connectivity index (χ1) is 13.7. The topological polar surface area (TPSA) is 85.6 Å². The van der Waals surface area contributed by atoms with Gasteiger partial charge in [-0.3, -0.25) is 19.4 Å². The fourth-order valence-electron chi connectivity index (χ4n) is 2.89. The highest BCUT2D eigenvalue weighted by Crippen LogP contribution is 2.20. The molecule has 0 radical (unpaired) electrons. The molecule has 3 heterocycles. The molecule has 0 bridgehead atoms. The SMILES string of the molecule is CC/C=C(\CCC)c1cnn(CC(=O)Nc2ccc(-c3cnccn3)cn2)c1. The van der Waals surface area contributed by atoms with Gasteiger partial charge in [-0.15, -0.1) is 0 Å². The average molecular weight is 376 g/mol. The van der Waals surface area contributed by atoms with Crippen molar-refractivity contribution in [1.29, 1.82) is 0 Å². The minimum atomic E-state index is -0.175. The number of rotatable bonds is 8. The van der Waals surface area contributed by atoms with E-state index in [0.29, 0.717) is 5.82 Å². The molecule has 28 heavy (non-hydrogen) atoms. The van der Waals surface area contributed by atoms with Crippen LogP contribution in [0.3, 0.4) is 0 Å². The van der Waals surface area contributed by atoms with Crippen molar-refractivity contribution in [3.05, 3.63) is 61.0 Å². The van der Waals surface area contributed by atoms with Crippen LogP contribution in [0.25, 0.3) is 16.8 Å². The highest BCUT2D eigenvalue weighted by molar-refractivity contribution is 5.89. The Bertz CT molecular complexity index is 931. The minimum Gasteiger partial charge on any atom is -0.309 e. The van der Waals surface area contributed by atoms with Gasteiger partial charge in [0.1, 0.15) is 12.4 Å². The lowest BCUT2D eigenvalue weighted by Crippen LogP contribution is -2.19. The lowest BCUT2D eigenvalue weighted by molar-refractivity contribution is -0.116. The second kappa shape index (κ2) is 9.55. The second-order valence-electron chi connectivity index (χ2n) is 6.39. The molecule has 3 aromatic heterocycles. The summed E-state index contributed by atoms with van der Waals surface area (Å²) in [5, 5.41) is 7.11. The molecule has 144 valence electrons. The number of nitrogens with zero attached hydrogens (tertiary/aromatic N) is 5. The Morgan fingerprint density at radius 3 is 2.71 bits per heavy atom. The molecule has 0 aliphatic rings. The van der Waals surface area contributed by atoms with E-state index in [2.05, 4.69) is 45.3 Å². The van der Waals surface area contributed by atoms with E-state index >= 15 is 0 Å². The molecule has 0 fully saturated rings. The first-order valence-corrected chi connectivity index (χ1v) is 9.43. The van der Waals surface area contributed by atoms with E-state index in [0.717, 1.165) is 36.1 Å². The van der Waals surface area contributed by atoms with Crippen LogP contribution in [0.1, 0.15) is 38.7 Å². The van der Waals surface area contributed by atoms with E-state index in [-0.39, 0.29) is 12.5 Å². The predicted octanol–water partition coefficient (Wildman–Crippen LogP) is 3.97. The quantitative estimate of drug-likeness (QED) is 0.643. The smallest absolute Gasteiger partial charge is 0.247 e. The van der Waals surface area contributed by atoms with Crippen LogP contribution in [0, 0.1) is 0 Å². The highest BCUT2D eigenvalue weighted by Gasteiger charge is 2.09. The fourth-order valence-corrected chi connectivity index (χ4v) is 2.89. The van der Waals surface area contributed by atoms with Crippen molar-refractivity contribution in [1.82, 2.24) is 24.7 Å². The number of carbonyl (C=O) groups excluding carboxylic acids is 1. The maximum absolute atomic E-state index is 12.3. The van der Waals surface area contributed by atoms with Gasteiger partial charge in [0.05, 0.1) is 18.1 Å². The Hall–Kier alpha value is -3.35. The Morgan fingerprint density at radius 1 is 1.14 bits per heavy atom. The van der Waals surface area contributed by atoms with Gasteiger partial charge < -0.3 is 5.32 Å². The molecular formula is C21H24N6O. The van der Waals surface area contributed by atoms with Crippen molar-refractivity contribution in [3.8, 4) is 11.3 Å². The highest BCUT2D eigenvalue weighted by atomic mass is 16.2. The van der Waals surface area contributed by atoms with E-state index in [1.807, 2.05) is 18.5 Å². The number of hydrogen-bond acceptors (Lipinski definition) is 5. The molecule has 0 saturated carbocycles. The zero-order valence-corrected chi connectivity index (χ0v) is 16.2. The summed E-state index contributed by atoms with van der Waals surface area (Å²) in [4.78, 5) is 24.9. The average Bonchev–Trinajstić information content (AvgIpc) is 3.17. The number of pyridine rings is 1. The summed E-state index contributed by atoms with van der Waals surface area (Å²) in [5.41, 5.74) is 3.93. The Kier molecular flexibility index (Phi) is 6.62. The zero-order valence-electron chi connectivity index (χ0n) is 16.2. The predicted molar refractivity (Wildman–Crippen MR) is 109 cm³/mol. The molecule has 3 rings (SSSR count). The molecule has 0 atom stereocenters. The van der Waals surface area contributed by atoms with E-state index in [1.165, 1.54) is 5.57 Å². The molecule has 0 unspecified atom stereocenters. The molecule has 0 aliphatic heterocycles. The summed E-state index contributed by atoms with van der Waals surface area (Å²) in [6.45, 7) is 4.42. The Morgan fingerprint density at radius 2 is 2.04 bits per heavy atom. The second-order valence-corrected chi connectivity index (χ2v) is 6.39. The molecule has 7 heteroatoms. The van der Waals surface area contributed by atoms with Crippen LogP contribution in [0.15, 0.2) is 55.4 Å². The zero-order chi connectivity index (χ0) is 19.8. The van der Waals surface area contributed by atoms with E-state index in [9.17, 15) is 4.79 Å². The maximum Gasteiger partial charge on any atom is 0.247 e. The van der Waals surface area contributed by atoms with Crippen LogP contribution < -0.4 is 5.32 Å². The summed E-state index contributed by atoms with van der Waals surface area (Å²) < 4.78 is 1.65.